The van der Waals surface area contributed by atoms with Gasteiger partial charge in [0.2, 0.25) is 0 Å². The fraction of sp³-hybridized carbons (Fsp3) is 0.562. The zero-order valence-corrected chi connectivity index (χ0v) is 16.6. The van der Waals surface area contributed by atoms with Crippen LogP contribution in [0.25, 0.3) is 0 Å². The van der Waals surface area contributed by atoms with E-state index in [0.29, 0.717) is 37.8 Å². The molecule has 0 spiro atoms. The van der Waals surface area contributed by atoms with Crippen molar-refractivity contribution < 1.29 is 18.3 Å². The first-order valence-corrected chi connectivity index (χ1v) is 7.63. The number of ether oxygens (including phenoxy) is 2. The van der Waals surface area contributed by atoms with Gasteiger partial charge in [-0.05, 0) is 26.3 Å². The van der Waals surface area contributed by atoms with Crippen molar-refractivity contribution in [1.29, 1.82) is 0 Å². The summed E-state index contributed by atoms with van der Waals surface area (Å²) in [4.78, 5) is 4.10. The van der Waals surface area contributed by atoms with Gasteiger partial charge in [-0.1, -0.05) is 17.7 Å². The van der Waals surface area contributed by atoms with Crippen LogP contribution >= 0.6 is 24.0 Å². The molecule has 1 aromatic rings. The molecule has 0 aliphatic rings. The van der Waals surface area contributed by atoms with Crippen LogP contribution in [0.3, 0.4) is 0 Å². The first kappa shape index (κ1) is 22.8. The van der Waals surface area contributed by atoms with Gasteiger partial charge in [-0.3, -0.25) is 4.99 Å². The summed E-state index contributed by atoms with van der Waals surface area (Å²) in [6.07, 6.45) is 0.860. The molecule has 0 bridgehead atoms. The number of hydrogen-bond donors (Lipinski definition) is 2. The summed E-state index contributed by atoms with van der Waals surface area (Å²) in [6, 6.07) is 5.10. The molecule has 8 heteroatoms. The van der Waals surface area contributed by atoms with Gasteiger partial charge >= 0.3 is 6.61 Å². The second-order valence-corrected chi connectivity index (χ2v) is 4.89. The highest BCUT2D eigenvalue weighted by Gasteiger charge is 2.10. The second-order valence-electron chi connectivity index (χ2n) is 4.89. The number of alkyl halides is 2. The van der Waals surface area contributed by atoms with Crippen molar-refractivity contribution in [1.82, 2.24) is 10.6 Å². The van der Waals surface area contributed by atoms with Crippen molar-refractivity contribution in [2.24, 2.45) is 4.99 Å². The molecule has 0 amide bonds. The fourth-order valence-corrected chi connectivity index (χ4v) is 1.98. The van der Waals surface area contributed by atoms with Gasteiger partial charge in [0.15, 0.2) is 5.96 Å². The number of aliphatic imine (C=N–C) groups is 1. The zero-order valence-electron chi connectivity index (χ0n) is 14.3. The predicted octanol–water partition coefficient (Wildman–Crippen LogP) is 3.31. The van der Waals surface area contributed by atoms with E-state index in [0.717, 1.165) is 12.0 Å². The Morgan fingerprint density at radius 2 is 2.04 bits per heavy atom. The molecule has 0 radical (unpaired) electrons. The Kier molecular flexibility index (Phi) is 12.5. The van der Waals surface area contributed by atoms with Gasteiger partial charge in [-0.25, -0.2) is 0 Å². The lowest BCUT2D eigenvalue weighted by atomic mass is 10.1. The van der Waals surface area contributed by atoms with E-state index in [9.17, 15) is 8.78 Å². The Balaban J connectivity index is 0.00000529. The average molecular weight is 457 g/mol. The summed E-state index contributed by atoms with van der Waals surface area (Å²) < 4.78 is 34.7. The molecule has 1 aromatic carbocycles. The molecule has 0 aliphatic heterocycles. The van der Waals surface area contributed by atoms with Crippen LogP contribution in [0, 0.1) is 6.92 Å². The van der Waals surface area contributed by atoms with Crippen molar-refractivity contribution in [3.05, 3.63) is 29.3 Å². The molecule has 24 heavy (non-hydrogen) atoms. The Labute approximate surface area is 159 Å². The minimum Gasteiger partial charge on any atom is -0.434 e. The van der Waals surface area contributed by atoms with E-state index < -0.39 is 6.61 Å². The largest absolute Gasteiger partial charge is 0.434 e. The van der Waals surface area contributed by atoms with Crippen LogP contribution in [0.2, 0.25) is 0 Å². The molecule has 0 aromatic heterocycles. The third kappa shape index (κ3) is 9.21. The molecule has 0 saturated carbocycles. The predicted molar refractivity (Wildman–Crippen MR) is 103 cm³/mol. The lowest BCUT2D eigenvalue weighted by molar-refractivity contribution is -0.0504. The third-order valence-electron chi connectivity index (χ3n) is 3.06. The molecule has 0 saturated heterocycles. The monoisotopic (exact) mass is 457 g/mol. The van der Waals surface area contributed by atoms with Gasteiger partial charge in [-0.2, -0.15) is 8.78 Å². The van der Waals surface area contributed by atoms with Crippen LogP contribution < -0.4 is 15.4 Å². The number of aryl methyl sites for hydroxylation is 1. The van der Waals surface area contributed by atoms with E-state index in [1.54, 1.807) is 19.2 Å². The van der Waals surface area contributed by atoms with E-state index in [4.69, 9.17) is 4.74 Å². The van der Waals surface area contributed by atoms with Gasteiger partial charge in [0, 0.05) is 38.9 Å². The highest BCUT2D eigenvalue weighted by molar-refractivity contribution is 14.0. The normalized spacial score (nSPS) is 11.2. The lowest BCUT2D eigenvalue weighted by Gasteiger charge is -2.15. The van der Waals surface area contributed by atoms with Crippen molar-refractivity contribution >= 4 is 29.9 Å². The summed E-state index contributed by atoms with van der Waals surface area (Å²) in [6.45, 7) is 3.46. The number of hydrogen-bond acceptors (Lipinski definition) is 3. The van der Waals surface area contributed by atoms with E-state index in [1.165, 1.54) is 0 Å². The van der Waals surface area contributed by atoms with E-state index >= 15 is 0 Å². The van der Waals surface area contributed by atoms with Gasteiger partial charge in [-0.15, -0.1) is 24.0 Å². The molecule has 0 fully saturated rings. The number of benzene rings is 1. The quantitative estimate of drug-likeness (QED) is 0.259. The van der Waals surface area contributed by atoms with Crippen LogP contribution in [0.4, 0.5) is 8.78 Å². The van der Waals surface area contributed by atoms with Crippen LogP contribution in [0.1, 0.15) is 24.5 Å². The summed E-state index contributed by atoms with van der Waals surface area (Å²) in [5.41, 5.74) is 1.63. The van der Waals surface area contributed by atoms with E-state index in [1.807, 2.05) is 19.9 Å². The minimum absolute atomic E-state index is 0. The molecule has 2 N–H and O–H groups in total. The smallest absolute Gasteiger partial charge is 0.387 e. The van der Waals surface area contributed by atoms with Gasteiger partial charge < -0.3 is 20.1 Å². The maximum absolute atomic E-state index is 12.4. The van der Waals surface area contributed by atoms with Crippen molar-refractivity contribution in [2.75, 3.05) is 26.8 Å². The number of halogens is 3. The van der Waals surface area contributed by atoms with Crippen molar-refractivity contribution in [3.63, 3.8) is 0 Å². The van der Waals surface area contributed by atoms with Crippen LogP contribution in [0.5, 0.6) is 5.75 Å². The number of nitrogens with zero attached hydrogens (tertiary/aromatic N) is 1. The molecule has 5 nitrogen and oxygen atoms in total. The van der Waals surface area contributed by atoms with Crippen LogP contribution in [-0.2, 0) is 11.3 Å². The molecule has 0 aliphatic carbocycles. The summed E-state index contributed by atoms with van der Waals surface area (Å²) >= 11 is 0. The maximum Gasteiger partial charge on any atom is 0.387 e. The van der Waals surface area contributed by atoms with Gasteiger partial charge in [0.25, 0.3) is 0 Å². The maximum atomic E-state index is 12.4. The highest BCUT2D eigenvalue weighted by atomic mass is 127. The van der Waals surface area contributed by atoms with E-state index in [-0.39, 0.29) is 29.7 Å². The lowest BCUT2D eigenvalue weighted by Crippen LogP contribution is -2.37. The Morgan fingerprint density at radius 3 is 2.67 bits per heavy atom. The minimum atomic E-state index is -2.84. The first-order chi connectivity index (χ1) is 11.1. The van der Waals surface area contributed by atoms with Gasteiger partial charge in [0.05, 0.1) is 0 Å². The van der Waals surface area contributed by atoms with Crippen LogP contribution in [-0.4, -0.2) is 39.4 Å². The molecule has 0 unspecified atom stereocenters. The Hall–Kier alpha value is -1.16. The zero-order chi connectivity index (χ0) is 17.1. The van der Waals surface area contributed by atoms with Crippen LogP contribution in [0.15, 0.2) is 23.2 Å². The molecule has 0 atom stereocenters. The first-order valence-electron chi connectivity index (χ1n) is 7.63. The summed E-state index contributed by atoms with van der Waals surface area (Å²) in [5, 5.41) is 6.23. The number of nitrogens with one attached hydrogen (secondary N) is 2. The molecular formula is C16H26F2IN3O2. The molecular weight excluding hydrogens is 431 g/mol. The van der Waals surface area contributed by atoms with Crippen molar-refractivity contribution in [2.45, 2.75) is 33.4 Å². The van der Waals surface area contributed by atoms with Gasteiger partial charge in [0.1, 0.15) is 5.75 Å². The van der Waals surface area contributed by atoms with Crippen molar-refractivity contribution in [3.8, 4) is 5.75 Å². The Bertz CT molecular complexity index is 502. The third-order valence-corrected chi connectivity index (χ3v) is 3.06. The number of guanidine groups is 1. The number of rotatable bonds is 9. The SMILES string of the molecule is CCOCCCNC(=NC)NCc1cc(C)ccc1OC(F)F.I. The highest BCUT2D eigenvalue weighted by Crippen LogP contribution is 2.21. The molecule has 0 heterocycles. The summed E-state index contributed by atoms with van der Waals surface area (Å²) in [5.74, 6) is 0.774. The topological polar surface area (TPSA) is 54.9 Å². The average Bonchev–Trinajstić information content (AvgIpc) is 2.52. The standard InChI is InChI=1S/C16H25F2N3O2.HI/c1-4-22-9-5-8-20-16(19-3)21-11-13-10-12(2)6-7-14(13)23-15(17)18;/h6-7,10,15H,4-5,8-9,11H2,1-3H3,(H2,19,20,21);1H. The summed E-state index contributed by atoms with van der Waals surface area (Å²) in [7, 11) is 1.66. The fourth-order valence-electron chi connectivity index (χ4n) is 1.98. The second kappa shape index (κ2) is 13.2. The van der Waals surface area contributed by atoms with E-state index in [2.05, 4.69) is 20.4 Å². The molecule has 138 valence electrons. The Morgan fingerprint density at radius 1 is 1.29 bits per heavy atom. The molecule has 1 rings (SSSR count).